The Balaban J connectivity index is 1.90. The second kappa shape index (κ2) is 5.05. The molecule has 25 heavy (non-hydrogen) atoms. The largest absolute Gasteiger partial charge is 0.443 e. The van der Waals surface area contributed by atoms with Crippen LogP contribution in [-0.2, 0) is 20.7 Å². The molecule has 3 aliphatic rings. The first-order valence-electron chi connectivity index (χ1n) is 7.99. The Morgan fingerprint density at radius 3 is 2.60 bits per heavy atom. The first-order chi connectivity index (χ1) is 11.8. The summed E-state index contributed by atoms with van der Waals surface area (Å²) in [4.78, 5) is 38.1. The van der Waals surface area contributed by atoms with Crippen LogP contribution >= 0.6 is 11.8 Å². The van der Waals surface area contributed by atoms with Gasteiger partial charge in [-0.05, 0) is 25.0 Å². The Kier molecular flexibility index (Phi) is 3.25. The molecule has 1 fully saturated rings. The molecule has 7 heteroatoms. The van der Waals surface area contributed by atoms with Gasteiger partial charge in [-0.1, -0.05) is 36.9 Å². The van der Waals surface area contributed by atoms with Crippen LogP contribution in [0.2, 0.25) is 0 Å². The molecular weight excluding hydrogens is 342 g/mol. The second-order valence-electron chi connectivity index (χ2n) is 6.53. The van der Waals surface area contributed by atoms with E-state index in [1.807, 2.05) is 24.3 Å². The first kappa shape index (κ1) is 16.1. The number of rotatable bonds is 3. The third-order valence-corrected chi connectivity index (χ3v) is 6.61. The number of hydrogen-bond acceptors (Lipinski definition) is 6. The monoisotopic (exact) mass is 357 g/mol. The molecule has 0 spiro atoms. The molecule has 1 saturated heterocycles. The molecule has 0 saturated carbocycles. The number of Topliss-reactive ketones (excluding diaryl/α,β-unsaturated/α-hetero) is 1. The first-order valence-corrected chi connectivity index (χ1v) is 8.80. The number of hydrogen-bond donors (Lipinski definition) is 0. The van der Waals surface area contributed by atoms with Gasteiger partial charge in [0.15, 0.2) is 11.2 Å². The number of nitro groups is 1. The molecule has 0 radical (unpaired) electrons. The fourth-order valence-corrected chi connectivity index (χ4v) is 5.02. The fourth-order valence-electron chi connectivity index (χ4n) is 3.91. The average Bonchev–Trinajstić information content (AvgIpc) is 3.21. The third kappa shape index (κ3) is 1.93. The SMILES string of the molecule is CCC1(C2(C)OC2=O)C(=O)C2=C(C=C1[N+](=O)[O-])Sc1ccccc1C2. The van der Waals surface area contributed by atoms with Crippen molar-refractivity contribution in [2.45, 2.75) is 37.2 Å². The highest BCUT2D eigenvalue weighted by molar-refractivity contribution is 8.03. The van der Waals surface area contributed by atoms with E-state index in [1.165, 1.54) is 24.8 Å². The van der Waals surface area contributed by atoms with E-state index < -0.39 is 21.9 Å². The molecule has 0 aromatic heterocycles. The average molecular weight is 357 g/mol. The van der Waals surface area contributed by atoms with Crippen molar-refractivity contribution in [3.8, 4) is 0 Å². The predicted octanol–water partition coefficient (Wildman–Crippen LogP) is 3.04. The minimum Gasteiger partial charge on any atom is -0.443 e. The van der Waals surface area contributed by atoms with Crippen molar-refractivity contribution in [2.24, 2.45) is 5.41 Å². The number of epoxide rings is 1. The molecule has 128 valence electrons. The van der Waals surface area contributed by atoms with Crippen molar-refractivity contribution < 1.29 is 19.2 Å². The van der Waals surface area contributed by atoms with Gasteiger partial charge in [0.05, 0.1) is 4.92 Å². The second-order valence-corrected chi connectivity index (χ2v) is 7.61. The van der Waals surface area contributed by atoms with Crippen LogP contribution in [0.1, 0.15) is 25.8 Å². The number of ether oxygens (including phenoxy) is 1. The van der Waals surface area contributed by atoms with Crippen molar-refractivity contribution in [1.82, 2.24) is 0 Å². The predicted molar refractivity (Wildman–Crippen MR) is 90.3 cm³/mol. The van der Waals surface area contributed by atoms with E-state index in [0.717, 1.165) is 10.5 Å². The smallest absolute Gasteiger partial charge is 0.353 e. The lowest BCUT2D eigenvalue weighted by molar-refractivity contribution is -0.440. The molecule has 1 aromatic rings. The van der Waals surface area contributed by atoms with Gasteiger partial charge in [-0.3, -0.25) is 14.9 Å². The summed E-state index contributed by atoms with van der Waals surface area (Å²) in [6.07, 6.45) is 2.00. The molecule has 2 atom stereocenters. The molecule has 1 aromatic carbocycles. The Bertz CT molecular complexity index is 918. The van der Waals surface area contributed by atoms with Crippen LogP contribution in [0.15, 0.2) is 51.4 Å². The zero-order chi connectivity index (χ0) is 18.0. The van der Waals surface area contributed by atoms with Gasteiger partial charge in [-0.15, -0.1) is 0 Å². The number of allylic oxidation sites excluding steroid dienone is 2. The minimum absolute atomic E-state index is 0.129. The number of cyclic esters (lactones) is 1. The molecule has 4 rings (SSSR count). The number of fused-ring (bicyclic) bond motifs is 1. The zero-order valence-corrected chi connectivity index (χ0v) is 14.5. The zero-order valence-electron chi connectivity index (χ0n) is 13.7. The van der Waals surface area contributed by atoms with Crippen LogP contribution in [-0.4, -0.2) is 22.3 Å². The van der Waals surface area contributed by atoms with Gasteiger partial charge in [0.25, 0.3) is 5.70 Å². The maximum atomic E-state index is 13.4. The van der Waals surface area contributed by atoms with Gasteiger partial charge in [0, 0.05) is 27.9 Å². The van der Waals surface area contributed by atoms with Gasteiger partial charge < -0.3 is 4.74 Å². The number of carbonyl (C=O) groups excluding carboxylic acids is 2. The molecule has 0 amide bonds. The summed E-state index contributed by atoms with van der Waals surface area (Å²) in [5.74, 6) is -0.932. The van der Waals surface area contributed by atoms with Crippen LogP contribution < -0.4 is 0 Å². The summed E-state index contributed by atoms with van der Waals surface area (Å²) in [5.41, 5.74) is -1.74. The normalized spacial score (nSPS) is 30.2. The molecular formula is C18H15NO5S. The minimum atomic E-state index is -1.57. The standard InChI is InChI=1S/C18H15NO5S/c1-3-18(17(2)16(21)24-17)14(19(22)23)9-13-11(15(18)20)8-10-6-4-5-7-12(10)25-13/h4-7,9H,3,8H2,1-2H3. The summed E-state index contributed by atoms with van der Waals surface area (Å²) in [6, 6.07) is 7.68. The Labute approximate surface area is 148 Å². The summed E-state index contributed by atoms with van der Waals surface area (Å²) >= 11 is 1.36. The summed E-state index contributed by atoms with van der Waals surface area (Å²) in [6.45, 7) is 3.16. The van der Waals surface area contributed by atoms with Gasteiger partial charge in [0.2, 0.25) is 5.60 Å². The highest BCUT2D eigenvalue weighted by atomic mass is 32.2. The van der Waals surface area contributed by atoms with E-state index in [0.29, 0.717) is 16.9 Å². The van der Waals surface area contributed by atoms with Crippen LogP contribution in [0, 0.1) is 15.5 Å². The Hall–Kier alpha value is -2.41. The highest BCUT2D eigenvalue weighted by Crippen LogP contribution is 2.58. The van der Waals surface area contributed by atoms with E-state index in [-0.39, 0.29) is 17.9 Å². The van der Waals surface area contributed by atoms with E-state index in [9.17, 15) is 19.7 Å². The topological polar surface area (TPSA) is 89.8 Å². The quantitative estimate of drug-likeness (QED) is 0.469. The van der Waals surface area contributed by atoms with Crippen LogP contribution in [0.4, 0.5) is 0 Å². The van der Waals surface area contributed by atoms with Crippen molar-refractivity contribution in [2.75, 3.05) is 0 Å². The van der Waals surface area contributed by atoms with Gasteiger partial charge in [0.1, 0.15) is 0 Å². The fraction of sp³-hybridized carbons (Fsp3) is 0.333. The van der Waals surface area contributed by atoms with Gasteiger partial charge in [-0.2, -0.15) is 0 Å². The maximum Gasteiger partial charge on any atom is 0.353 e. The van der Waals surface area contributed by atoms with Crippen molar-refractivity contribution in [3.63, 3.8) is 0 Å². The molecule has 0 N–H and O–H groups in total. The summed E-state index contributed by atoms with van der Waals surface area (Å²) in [7, 11) is 0. The molecule has 2 unspecified atom stereocenters. The van der Waals surface area contributed by atoms with Crippen molar-refractivity contribution in [3.05, 3.63) is 62.2 Å². The number of nitrogens with zero attached hydrogens (tertiary/aromatic N) is 1. The lowest BCUT2D eigenvalue weighted by Crippen LogP contribution is -2.50. The molecule has 0 bridgehead atoms. The van der Waals surface area contributed by atoms with E-state index in [4.69, 9.17) is 4.74 Å². The Morgan fingerprint density at radius 1 is 1.32 bits per heavy atom. The molecule has 6 nitrogen and oxygen atoms in total. The van der Waals surface area contributed by atoms with Crippen LogP contribution in [0.5, 0.6) is 0 Å². The highest BCUT2D eigenvalue weighted by Gasteiger charge is 2.76. The Morgan fingerprint density at radius 2 is 2.00 bits per heavy atom. The number of thioether (sulfide) groups is 1. The van der Waals surface area contributed by atoms with E-state index >= 15 is 0 Å². The van der Waals surface area contributed by atoms with E-state index in [1.54, 1.807) is 6.92 Å². The van der Waals surface area contributed by atoms with Gasteiger partial charge >= 0.3 is 5.97 Å². The molecule has 1 aliphatic carbocycles. The summed E-state index contributed by atoms with van der Waals surface area (Å²) < 4.78 is 5.10. The maximum absolute atomic E-state index is 13.4. The third-order valence-electron chi connectivity index (χ3n) is 5.41. The number of ketones is 1. The van der Waals surface area contributed by atoms with E-state index in [2.05, 4.69) is 0 Å². The van der Waals surface area contributed by atoms with Crippen molar-refractivity contribution >= 4 is 23.5 Å². The van der Waals surface area contributed by atoms with Crippen molar-refractivity contribution in [1.29, 1.82) is 0 Å². The van der Waals surface area contributed by atoms with Crippen LogP contribution in [0.3, 0.4) is 0 Å². The lowest BCUT2D eigenvalue weighted by Gasteiger charge is -2.35. The number of carbonyl (C=O) groups is 2. The lowest BCUT2D eigenvalue weighted by atomic mass is 9.63. The number of benzene rings is 1. The van der Waals surface area contributed by atoms with Crippen LogP contribution in [0.25, 0.3) is 0 Å². The molecule has 2 heterocycles. The molecule has 2 aliphatic heterocycles. The van der Waals surface area contributed by atoms with Gasteiger partial charge in [-0.25, -0.2) is 4.79 Å². The summed E-state index contributed by atoms with van der Waals surface area (Å²) in [5, 5.41) is 11.8.